The van der Waals surface area contributed by atoms with E-state index < -0.39 is 11.7 Å². The fraction of sp³-hybridized carbons (Fsp3) is 0.385. The van der Waals surface area contributed by atoms with Gasteiger partial charge in [-0.3, -0.25) is 9.59 Å². The number of nitrogens with zero attached hydrogens (tertiary/aromatic N) is 1. The van der Waals surface area contributed by atoms with E-state index in [1.165, 1.54) is 4.90 Å². The number of benzene rings is 1. The summed E-state index contributed by atoms with van der Waals surface area (Å²) in [5.41, 5.74) is 0.318. The molecule has 0 fully saturated rings. The maximum absolute atomic E-state index is 11.9. The molecule has 1 aromatic carbocycles. The highest BCUT2D eigenvalue weighted by Gasteiger charge is 2.20. The van der Waals surface area contributed by atoms with Crippen molar-refractivity contribution in [1.82, 2.24) is 4.90 Å². The molecule has 1 aliphatic heterocycles. The van der Waals surface area contributed by atoms with E-state index in [0.29, 0.717) is 30.3 Å². The Balaban J connectivity index is 2.28. The third kappa shape index (κ3) is 2.45. The number of carbonyl (C=O) groups is 2. The maximum atomic E-state index is 11.9. The molecule has 0 atom stereocenters. The topological polar surface area (TPSA) is 55.8 Å². The first-order valence-electron chi connectivity index (χ1n) is 5.75. The van der Waals surface area contributed by atoms with Crippen molar-refractivity contribution >= 4 is 11.7 Å². The second kappa shape index (κ2) is 5.08. The largest absolute Gasteiger partial charge is 0.490 e. The first-order valence-corrected chi connectivity index (χ1v) is 5.75. The fourth-order valence-electron chi connectivity index (χ4n) is 1.63. The van der Waals surface area contributed by atoms with Crippen LogP contribution in [-0.2, 0) is 4.79 Å². The van der Waals surface area contributed by atoms with Crippen LogP contribution in [0.25, 0.3) is 0 Å². The van der Waals surface area contributed by atoms with E-state index in [0.717, 1.165) is 6.42 Å². The Kier molecular flexibility index (Phi) is 3.50. The number of ether oxygens (including phenoxy) is 2. The van der Waals surface area contributed by atoms with Crippen LogP contribution in [0.5, 0.6) is 11.5 Å². The van der Waals surface area contributed by atoms with E-state index in [1.54, 1.807) is 32.3 Å². The van der Waals surface area contributed by atoms with Crippen LogP contribution in [0, 0.1) is 0 Å². The minimum Gasteiger partial charge on any atom is -0.490 e. The van der Waals surface area contributed by atoms with Crippen molar-refractivity contribution in [2.75, 3.05) is 27.3 Å². The molecule has 5 nitrogen and oxygen atoms in total. The summed E-state index contributed by atoms with van der Waals surface area (Å²) in [5, 5.41) is 0. The van der Waals surface area contributed by atoms with Crippen LogP contribution in [-0.4, -0.2) is 43.9 Å². The molecule has 0 aliphatic carbocycles. The number of rotatable bonds is 2. The lowest BCUT2D eigenvalue weighted by Gasteiger charge is -2.11. The van der Waals surface area contributed by atoms with E-state index in [4.69, 9.17) is 9.47 Å². The number of hydrogen-bond donors (Lipinski definition) is 0. The van der Waals surface area contributed by atoms with Gasteiger partial charge in [-0.05, 0) is 18.2 Å². The summed E-state index contributed by atoms with van der Waals surface area (Å²) < 4.78 is 10.9. The second-order valence-corrected chi connectivity index (χ2v) is 4.24. The van der Waals surface area contributed by atoms with E-state index in [-0.39, 0.29) is 0 Å². The van der Waals surface area contributed by atoms with E-state index in [2.05, 4.69) is 0 Å². The molecule has 0 aromatic heterocycles. The number of ketones is 1. The Morgan fingerprint density at radius 2 is 1.78 bits per heavy atom. The van der Waals surface area contributed by atoms with Gasteiger partial charge in [0, 0.05) is 26.1 Å². The minimum atomic E-state index is -0.551. The van der Waals surface area contributed by atoms with Gasteiger partial charge in [-0.25, -0.2) is 0 Å². The first-order chi connectivity index (χ1) is 8.59. The van der Waals surface area contributed by atoms with Gasteiger partial charge >= 0.3 is 0 Å². The Labute approximate surface area is 105 Å². The van der Waals surface area contributed by atoms with E-state index >= 15 is 0 Å². The number of hydrogen-bond acceptors (Lipinski definition) is 4. The summed E-state index contributed by atoms with van der Waals surface area (Å²) in [6.45, 7) is 1.14. The van der Waals surface area contributed by atoms with Crippen LogP contribution in [0.3, 0.4) is 0 Å². The third-order valence-corrected chi connectivity index (χ3v) is 2.61. The monoisotopic (exact) mass is 249 g/mol. The number of fused-ring (bicyclic) bond motifs is 1. The molecule has 0 bridgehead atoms. The van der Waals surface area contributed by atoms with Crippen molar-refractivity contribution in [1.29, 1.82) is 0 Å². The lowest BCUT2D eigenvalue weighted by atomic mass is 10.1. The Hall–Kier alpha value is -2.04. The predicted octanol–water partition coefficient (Wildman–Crippen LogP) is 1.12. The molecule has 96 valence electrons. The smallest absolute Gasteiger partial charge is 0.294 e. The average Bonchev–Trinajstić information content (AvgIpc) is 2.60. The molecule has 1 aliphatic rings. The van der Waals surface area contributed by atoms with Crippen LogP contribution in [0.4, 0.5) is 0 Å². The molecule has 1 amide bonds. The van der Waals surface area contributed by atoms with Gasteiger partial charge in [-0.15, -0.1) is 0 Å². The number of likely N-dealkylation sites (N-methyl/N-ethyl adjacent to an activating group) is 1. The third-order valence-electron chi connectivity index (χ3n) is 2.61. The highest BCUT2D eigenvalue weighted by atomic mass is 16.5. The zero-order valence-corrected chi connectivity index (χ0v) is 10.4. The molecule has 0 N–H and O–H groups in total. The molecule has 0 spiro atoms. The minimum absolute atomic E-state index is 0.318. The fourth-order valence-corrected chi connectivity index (χ4v) is 1.63. The molecular formula is C13H15NO4. The Morgan fingerprint density at radius 1 is 1.11 bits per heavy atom. The summed E-state index contributed by atoms with van der Waals surface area (Å²) in [6, 6.07) is 4.80. The summed E-state index contributed by atoms with van der Waals surface area (Å²) >= 11 is 0. The van der Waals surface area contributed by atoms with Crippen LogP contribution >= 0.6 is 0 Å². The Bertz CT molecular complexity index is 482. The van der Waals surface area contributed by atoms with Gasteiger partial charge in [0.15, 0.2) is 11.5 Å². The standard InChI is InChI=1S/C13H15NO4/c1-14(2)13(16)12(15)9-4-5-10-11(8-9)18-7-3-6-17-10/h4-5,8H,3,6-7H2,1-2H3. The Morgan fingerprint density at radius 3 is 2.44 bits per heavy atom. The summed E-state index contributed by atoms with van der Waals surface area (Å²) in [4.78, 5) is 24.7. The first kappa shape index (κ1) is 12.4. The molecular weight excluding hydrogens is 234 g/mol. The molecule has 2 rings (SSSR count). The second-order valence-electron chi connectivity index (χ2n) is 4.24. The molecule has 18 heavy (non-hydrogen) atoms. The van der Waals surface area contributed by atoms with Gasteiger partial charge in [0.25, 0.3) is 5.91 Å². The number of Topliss-reactive ketones (excluding diaryl/α,β-unsaturated/α-hetero) is 1. The average molecular weight is 249 g/mol. The number of amides is 1. The molecule has 0 unspecified atom stereocenters. The van der Waals surface area contributed by atoms with Gasteiger partial charge in [-0.2, -0.15) is 0 Å². The SMILES string of the molecule is CN(C)C(=O)C(=O)c1ccc2c(c1)OCCCO2. The maximum Gasteiger partial charge on any atom is 0.294 e. The lowest BCUT2D eigenvalue weighted by Crippen LogP contribution is -2.29. The van der Waals surface area contributed by atoms with Crippen molar-refractivity contribution in [3.05, 3.63) is 23.8 Å². The van der Waals surface area contributed by atoms with Crippen LogP contribution in [0.2, 0.25) is 0 Å². The summed E-state index contributed by atoms with van der Waals surface area (Å²) in [6.07, 6.45) is 0.800. The van der Waals surface area contributed by atoms with Crippen molar-refractivity contribution in [2.45, 2.75) is 6.42 Å². The molecule has 1 aromatic rings. The van der Waals surface area contributed by atoms with E-state index in [9.17, 15) is 9.59 Å². The van der Waals surface area contributed by atoms with Crippen LogP contribution in [0.1, 0.15) is 16.8 Å². The van der Waals surface area contributed by atoms with Crippen molar-refractivity contribution < 1.29 is 19.1 Å². The van der Waals surface area contributed by atoms with Gasteiger partial charge in [0.2, 0.25) is 5.78 Å². The normalized spacial score (nSPS) is 13.7. The molecule has 0 saturated carbocycles. The van der Waals surface area contributed by atoms with Crippen molar-refractivity contribution in [2.24, 2.45) is 0 Å². The molecule has 0 saturated heterocycles. The summed E-state index contributed by atoms with van der Waals surface area (Å²) in [5.74, 6) is 0.0337. The highest BCUT2D eigenvalue weighted by molar-refractivity contribution is 6.42. The van der Waals surface area contributed by atoms with Crippen molar-refractivity contribution in [3.63, 3.8) is 0 Å². The molecule has 0 radical (unpaired) electrons. The summed E-state index contributed by atoms with van der Waals surface area (Å²) in [7, 11) is 3.09. The van der Waals surface area contributed by atoms with E-state index in [1.807, 2.05) is 0 Å². The lowest BCUT2D eigenvalue weighted by molar-refractivity contribution is -0.124. The number of carbonyl (C=O) groups excluding carboxylic acids is 2. The molecule has 5 heteroatoms. The van der Waals surface area contributed by atoms with Gasteiger partial charge in [0.1, 0.15) is 0 Å². The zero-order chi connectivity index (χ0) is 13.1. The quantitative estimate of drug-likeness (QED) is 0.582. The van der Waals surface area contributed by atoms with Gasteiger partial charge in [-0.1, -0.05) is 0 Å². The highest BCUT2D eigenvalue weighted by Crippen LogP contribution is 2.30. The molecule has 1 heterocycles. The van der Waals surface area contributed by atoms with Crippen LogP contribution < -0.4 is 9.47 Å². The van der Waals surface area contributed by atoms with Crippen molar-refractivity contribution in [3.8, 4) is 11.5 Å². The van der Waals surface area contributed by atoms with Crippen LogP contribution in [0.15, 0.2) is 18.2 Å². The predicted molar refractivity (Wildman–Crippen MR) is 65.1 cm³/mol. The van der Waals surface area contributed by atoms with Gasteiger partial charge in [0.05, 0.1) is 13.2 Å². The zero-order valence-electron chi connectivity index (χ0n) is 10.4. The van der Waals surface area contributed by atoms with Gasteiger partial charge < -0.3 is 14.4 Å².